The van der Waals surface area contributed by atoms with Gasteiger partial charge < -0.3 is 14.9 Å². The Kier molecular flexibility index (Phi) is 17.9. The van der Waals surface area contributed by atoms with E-state index in [2.05, 4.69) is 57.2 Å². The predicted molar refractivity (Wildman–Crippen MR) is 237 cm³/mol. The Morgan fingerprint density at radius 3 is 1.08 bits per heavy atom. The molecule has 0 aliphatic heterocycles. The Bertz CT molecular complexity index is 2430. The summed E-state index contributed by atoms with van der Waals surface area (Å²) in [4.78, 5) is 50.1. The molecule has 0 radical (unpaired) electrons. The molecule has 0 fully saturated rings. The number of halogens is 1. The molecule has 16 nitrogen and oxygen atoms in total. The van der Waals surface area contributed by atoms with E-state index < -0.39 is 11.9 Å². The van der Waals surface area contributed by atoms with Crippen molar-refractivity contribution in [2.75, 3.05) is 6.61 Å². The summed E-state index contributed by atoms with van der Waals surface area (Å²) >= 11 is 3.34. The van der Waals surface area contributed by atoms with Crippen LogP contribution in [-0.2, 0) is 29.7 Å². The van der Waals surface area contributed by atoms with Crippen LogP contribution < -0.4 is 0 Å². The summed E-state index contributed by atoms with van der Waals surface area (Å²) in [5.74, 6) is -2.22. The van der Waals surface area contributed by atoms with E-state index in [0.29, 0.717) is 48.9 Å². The number of aromatic carboxylic acids is 2. The molecule has 7 rings (SSSR count). The lowest BCUT2D eigenvalue weighted by Gasteiger charge is -2.01. The molecule has 7 aromatic rings. The van der Waals surface area contributed by atoms with Gasteiger partial charge in [0, 0.05) is 71.5 Å². The Morgan fingerprint density at radius 2 is 0.823 bits per heavy atom. The van der Waals surface area contributed by atoms with E-state index in [0.717, 1.165) is 44.8 Å². The Hall–Kier alpha value is -6.88. The second-order valence-electron chi connectivity index (χ2n) is 14.2. The third kappa shape index (κ3) is 15.0. The standard InChI is InChI=1S/C14H17N3O2.2C12H13N3O2.C7H8BrN/c1-4-19-14(18)13-9-17(16-11(13)3)8-12-6-5-10(2)15-7-12;2*1-8-3-4-10(5-13-8)6-15-7-11(12(16)17)9(2)14-15;1-6-2-3-7(4-8)5-9-6/h5-7,9H,4,8H2,1-3H3;2*3-5,7H,6H2,1-2H3,(H,16,17);2-3,5H,4H2,1H3. The van der Waals surface area contributed by atoms with Crippen LogP contribution in [0.1, 0.15) is 100 Å². The van der Waals surface area contributed by atoms with Crippen molar-refractivity contribution in [3.63, 3.8) is 0 Å². The second kappa shape index (κ2) is 23.2. The van der Waals surface area contributed by atoms with Crippen LogP contribution in [0.25, 0.3) is 0 Å². The van der Waals surface area contributed by atoms with Crippen molar-refractivity contribution in [2.24, 2.45) is 0 Å². The van der Waals surface area contributed by atoms with Gasteiger partial charge in [0.25, 0.3) is 0 Å². The maximum Gasteiger partial charge on any atom is 0.341 e. The van der Waals surface area contributed by atoms with E-state index in [-0.39, 0.29) is 17.1 Å². The highest BCUT2D eigenvalue weighted by Gasteiger charge is 2.15. The lowest BCUT2D eigenvalue weighted by molar-refractivity contribution is 0.0524. The van der Waals surface area contributed by atoms with Gasteiger partial charge in [0.1, 0.15) is 16.7 Å². The SMILES string of the molecule is CCOC(=O)c1cn(Cc2ccc(C)nc2)nc1C.Cc1ccc(CBr)cn1.Cc1ccc(Cn2cc(C(=O)O)c(C)n2)cn1.Cc1ccc(Cn2cc(C(=O)O)c(C)n2)cn1. The summed E-state index contributed by atoms with van der Waals surface area (Å²) in [6.07, 6.45) is 12.0. The fraction of sp³-hybridized carbons (Fsp3) is 0.289. The molecule has 0 spiro atoms. The number of alkyl halides is 1. The highest BCUT2D eigenvalue weighted by atomic mass is 79.9. The molecule has 7 aromatic heterocycles. The van der Waals surface area contributed by atoms with Crippen LogP contribution in [0.15, 0.2) is 91.9 Å². The number of ether oxygens (including phenoxy) is 1. The highest BCUT2D eigenvalue weighted by molar-refractivity contribution is 9.08. The van der Waals surface area contributed by atoms with Crippen LogP contribution in [0.4, 0.5) is 0 Å². The average Bonchev–Trinajstić information content (AvgIpc) is 3.93. The molecule has 0 aromatic carbocycles. The number of carbonyl (C=O) groups excluding carboxylic acids is 1. The highest BCUT2D eigenvalue weighted by Crippen LogP contribution is 2.12. The molecule has 0 aliphatic carbocycles. The maximum atomic E-state index is 11.7. The molecule has 0 saturated heterocycles. The number of pyridine rings is 4. The number of hydrogen-bond acceptors (Lipinski definition) is 11. The van der Waals surface area contributed by atoms with E-state index in [1.807, 2.05) is 82.6 Å². The zero-order chi connectivity index (χ0) is 45.3. The minimum absolute atomic E-state index is 0.241. The first-order chi connectivity index (χ1) is 29.5. The van der Waals surface area contributed by atoms with Gasteiger partial charge in [0.2, 0.25) is 0 Å². The molecular weight excluding hydrogens is 856 g/mol. The molecule has 62 heavy (non-hydrogen) atoms. The van der Waals surface area contributed by atoms with Gasteiger partial charge in [-0.2, -0.15) is 15.3 Å². The number of carboxylic acid groups (broad SMARTS) is 2. The van der Waals surface area contributed by atoms with Crippen molar-refractivity contribution in [2.45, 2.75) is 80.4 Å². The van der Waals surface area contributed by atoms with Gasteiger partial charge in [-0.05, 0) is 102 Å². The van der Waals surface area contributed by atoms with E-state index in [1.54, 1.807) is 60.3 Å². The molecule has 7 heterocycles. The number of hydrogen-bond donors (Lipinski definition) is 2. The van der Waals surface area contributed by atoms with Crippen LogP contribution in [0, 0.1) is 48.5 Å². The molecule has 0 aliphatic rings. The number of carbonyl (C=O) groups is 3. The number of aryl methyl sites for hydroxylation is 7. The summed E-state index contributed by atoms with van der Waals surface area (Å²) < 4.78 is 9.95. The molecule has 17 heteroatoms. The van der Waals surface area contributed by atoms with Crippen molar-refractivity contribution >= 4 is 33.8 Å². The Balaban J connectivity index is 0.000000187. The van der Waals surface area contributed by atoms with Crippen LogP contribution in [0.3, 0.4) is 0 Å². The smallest absolute Gasteiger partial charge is 0.341 e. The molecule has 2 N–H and O–H groups in total. The molecule has 0 amide bonds. The van der Waals surface area contributed by atoms with Crippen molar-refractivity contribution in [1.29, 1.82) is 0 Å². The summed E-state index contributed by atoms with van der Waals surface area (Å²) in [6, 6.07) is 15.8. The van der Waals surface area contributed by atoms with Gasteiger partial charge in [-0.25, -0.2) is 14.4 Å². The van der Waals surface area contributed by atoms with Crippen LogP contribution in [0.2, 0.25) is 0 Å². The third-order valence-corrected chi connectivity index (χ3v) is 9.52. The van der Waals surface area contributed by atoms with Gasteiger partial charge in [-0.1, -0.05) is 40.2 Å². The summed E-state index contributed by atoms with van der Waals surface area (Å²) in [5.41, 5.74) is 10.9. The largest absolute Gasteiger partial charge is 0.478 e. The fourth-order valence-corrected chi connectivity index (χ4v) is 5.87. The van der Waals surface area contributed by atoms with Gasteiger partial charge in [-0.15, -0.1) is 0 Å². The fourth-order valence-electron chi connectivity index (χ4n) is 5.54. The lowest BCUT2D eigenvalue weighted by atomic mass is 10.2. The lowest BCUT2D eigenvalue weighted by Crippen LogP contribution is -2.05. The number of carboxylic acids is 2. The van der Waals surface area contributed by atoms with Crippen molar-refractivity contribution in [3.8, 4) is 0 Å². The van der Waals surface area contributed by atoms with E-state index in [1.165, 1.54) is 18.0 Å². The first-order valence-corrected chi connectivity index (χ1v) is 20.6. The van der Waals surface area contributed by atoms with Gasteiger partial charge >= 0.3 is 17.9 Å². The number of rotatable bonds is 11. The van der Waals surface area contributed by atoms with Gasteiger partial charge in [0.15, 0.2) is 0 Å². The first kappa shape index (κ1) is 47.8. The average molecular weight is 908 g/mol. The van der Waals surface area contributed by atoms with Gasteiger partial charge in [-0.3, -0.25) is 34.0 Å². The van der Waals surface area contributed by atoms with E-state index in [4.69, 9.17) is 14.9 Å². The molecule has 0 bridgehead atoms. The van der Waals surface area contributed by atoms with E-state index in [9.17, 15) is 14.4 Å². The molecule has 324 valence electrons. The zero-order valence-electron chi connectivity index (χ0n) is 36.1. The Morgan fingerprint density at radius 1 is 0.516 bits per heavy atom. The first-order valence-electron chi connectivity index (χ1n) is 19.5. The second-order valence-corrected chi connectivity index (χ2v) is 14.7. The zero-order valence-corrected chi connectivity index (χ0v) is 37.7. The minimum atomic E-state index is -0.948. The molecule has 0 unspecified atom stereocenters. The van der Waals surface area contributed by atoms with Crippen molar-refractivity contribution < 1.29 is 29.3 Å². The summed E-state index contributed by atoms with van der Waals surface area (Å²) in [6.45, 7) is 16.8. The number of nitrogens with zero attached hydrogens (tertiary/aromatic N) is 10. The van der Waals surface area contributed by atoms with Crippen LogP contribution >= 0.6 is 15.9 Å². The number of aromatic nitrogens is 10. The van der Waals surface area contributed by atoms with Crippen molar-refractivity contribution in [1.82, 2.24) is 49.3 Å². The minimum Gasteiger partial charge on any atom is -0.478 e. The Labute approximate surface area is 368 Å². The predicted octanol–water partition coefficient (Wildman–Crippen LogP) is 7.69. The molecular formula is C45H51BrN10O6. The molecule has 0 atom stereocenters. The quantitative estimate of drug-likeness (QED) is 0.0945. The summed E-state index contributed by atoms with van der Waals surface area (Å²) in [5, 5.41) is 31.4. The maximum absolute atomic E-state index is 11.7. The normalized spacial score (nSPS) is 10.3. The topological polar surface area (TPSA) is 206 Å². The van der Waals surface area contributed by atoms with Crippen LogP contribution in [-0.4, -0.2) is 84.0 Å². The monoisotopic (exact) mass is 906 g/mol. The molecule has 0 saturated carbocycles. The third-order valence-electron chi connectivity index (χ3n) is 8.87. The summed E-state index contributed by atoms with van der Waals surface area (Å²) in [7, 11) is 0. The van der Waals surface area contributed by atoms with Crippen molar-refractivity contribution in [3.05, 3.63) is 171 Å². The number of esters is 1. The van der Waals surface area contributed by atoms with E-state index >= 15 is 0 Å². The van der Waals surface area contributed by atoms with Crippen LogP contribution in [0.5, 0.6) is 0 Å². The van der Waals surface area contributed by atoms with Gasteiger partial charge in [0.05, 0.1) is 43.3 Å².